The van der Waals surface area contributed by atoms with Crippen LogP contribution in [0, 0.1) is 0 Å². The second-order valence-electron chi connectivity index (χ2n) is 5.12. The van der Waals surface area contributed by atoms with Crippen molar-refractivity contribution in [3.05, 3.63) is 11.9 Å². The Morgan fingerprint density at radius 2 is 1.40 bits per heavy atom. The fourth-order valence-corrected chi connectivity index (χ4v) is 6.63. The molecule has 2 aliphatic carbocycles. The highest BCUT2D eigenvalue weighted by Gasteiger charge is 2.30. The molecule has 1 heteroatoms. The van der Waals surface area contributed by atoms with E-state index in [1.54, 1.807) is 0 Å². The molecule has 0 amide bonds. The van der Waals surface area contributed by atoms with Gasteiger partial charge in [0.1, 0.15) is 0 Å². The molecular formula is C14H25P. The van der Waals surface area contributed by atoms with Crippen molar-refractivity contribution in [2.75, 3.05) is 0 Å². The van der Waals surface area contributed by atoms with E-state index in [2.05, 4.69) is 18.8 Å². The fraction of sp³-hybridized carbons (Fsp3) is 0.857. The van der Waals surface area contributed by atoms with Gasteiger partial charge >= 0.3 is 0 Å². The normalized spacial score (nSPS) is 24.9. The maximum Gasteiger partial charge on any atom is -0.0172 e. The fourth-order valence-electron chi connectivity index (χ4n) is 3.17. The highest BCUT2D eigenvalue weighted by molar-refractivity contribution is 7.62. The molecule has 2 aliphatic rings. The largest absolute Gasteiger partial charge is 0.0843 e. The Morgan fingerprint density at radius 1 is 0.933 bits per heavy atom. The van der Waals surface area contributed by atoms with E-state index in [1.807, 2.05) is 0 Å². The van der Waals surface area contributed by atoms with Crippen molar-refractivity contribution in [2.24, 2.45) is 0 Å². The molecule has 0 heterocycles. The summed E-state index contributed by atoms with van der Waals surface area (Å²) < 4.78 is 0. The number of allylic oxidation sites excluding steroid dienone is 1. The Balaban J connectivity index is 1.97. The minimum absolute atomic E-state index is 0.251. The van der Waals surface area contributed by atoms with E-state index < -0.39 is 0 Å². The van der Waals surface area contributed by atoms with Gasteiger partial charge < -0.3 is 0 Å². The number of rotatable bonds is 4. The summed E-state index contributed by atoms with van der Waals surface area (Å²) in [7, 11) is 0.251. The van der Waals surface area contributed by atoms with Crippen LogP contribution >= 0.6 is 7.92 Å². The molecule has 0 aliphatic heterocycles. The van der Waals surface area contributed by atoms with E-state index >= 15 is 0 Å². The Labute approximate surface area is 96.3 Å². The number of hydrogen-bond acceptors (Lipinski definition) is 0. The van der Waals surface area contributed by atoms with Crippen molar-refractivity contribution >= 4 is 7.92 Å². The zero-order chi connectivity index (χ0) is 10.5. The summed E-state index contributed by atoms with van der Waals surface area (Å²) in [4.78, 5) is 0. The summed E-state index contributed by atoms with van der Waals surface area (Å²) in [6.07, 6.45) is 15.9. The van der Waals surface area contributed by atoms with Gasteiger partial charge in [0.25, 0.3) is 0 Å². The predicted octanol–water partition coefficient (Wildman–Crippen LogP) is 5.28. The first kappa shape index (κ1) is 11.6. The van der Waals surface area contributed by atoms with Gasteiger partial charge in [0.2, 0.25) is 0 Å². The summed E-state index contributed by atoms with van der Waals surface area (Å²) in [6.45, 7) is 2.27. The Morgan fingerprint density at radius 3 is 1.80 bits per heavy atom. The maximum atomic E-state index is 2.64. The van der Waals surface area contributed by atoms with Gasteiger partial charge in [-0.05, 0) is 43.4 Å². The van der Waals surface area contributed by atoms with Gasteiger partial charge in [0, 0.05) is 0 Å². The highest BCUT2D eigenvalue weighted by atomic mass is 31.1. The van der Waals surface area contributed by atoms with E-state index in [0.29, 0.717) is 0 Å². The molecule has 0 radical (unpaired) electrons. The quantitative estimate of drug-likeness (QED) is 0.570. The van der Waals surface area contributed by atoms with Gasteiger partial charge in [-0.25, -0.2) is 0 Å². The molecule has 0 aromatic heterocycles. The second-order valence-corrected chi connectivity index (χ2v) is 7.77. The monoisotopic (exact) mass is 224 g/mol. The standard InChI is InChI=1S/C14H25P/c1-2-3-12-15(13-8-4-5-9-13)14-10-6-7-11-14/h3,12-14H,2,4-11H2,1H3/b12-3+. The molecule has 0 atom stereocenters. The minimum Gasteiger partial charge on any atom is -0.0843 e. The predicted molar refractivity (Wildman–Crippen MR) is 70.9 cm³/mol. The maximum absolute atomic E-state index is 2.64. The Kier molecular flexibility index (Phi) is 4.69. The van der Waals surface area contributed by atoms with Crippen LogP contribution in [0.5, 0.6) is 0 Å². The van der Waals surface area contributed by atoms with Crippen molar-refractivity contribution in [1.82, 2.24) is 0 Å². The zero-order valence-electron chi connectivity index (χ0n) is 10.1. The van der Waals surface area contributed by atoms with Crippen molar-refractivity contribution in [1.29, 1.82) is 0 Å². The Hall–Kier alpha value is 0.170. The van der Waals surface area contributed by atoms with Crippen molar-refractivity contribution < 1.29 is 0 Å². The zero-order valence-corrected chi connectivity index (χ0v) is 11.0. The van der Waals surface area contributed by atoms with Gasteiger partial charge in [-0.3, -0.25) is 0 Å². The van der Waals surface area contributed by atoms with Crippen LogP contribution in [0.4, 0.5) is 0 Å². The van der Waals surface area contributed by atoms with Crippen LogP contribution in [0.25, 0.3) is 0 Å². The van der Waals surface area contributed by atoms with Crippen LogP contribution in [-0.2, 0) is 0 Å². The first-order valence-electron chi connectivity index (χ1n) is 6.86. The summed E-state index contributed by atoms with van der Waals surface area (Å²) in [6, 6.07) is 0. The van der Waals surface area contributed by atoms with Gasteiger partial charge in [0.15, 0.2) is 0 Å². The van der Waals surface area contributed by atoms with E-state index in [4.69, 9.17) is 0 Å². The smallest absolute Gasteiger partial charge is 0.0172 e. The molecule has 0 saturated heterocycles. The molecule has 15 heavy (non-hydrogen) atoms. The molecule has 2 rings (SSSR count). The van der Waals surface area contributed by atoms with Crippen LogP contribution in [-0.4, -0.2) is 11.3 Å². The van der Waals surface area contributed by atoms with Crippen molar-refractivity contribution in [3.8, 4) is 0 Å². The molecule has 0 N–H and O–H groups in total. The number of hydrogen-bond donors (Lipinski definition) is 0. The molecule has 2 fully saturated rings. The minimum atomic E-state index is 0.251. The lowest BCUT2D eigenvalue weighted by molar-refractivity contribution is 0.834. The van der Waals surface area contributed by atoms with Gasteiger partial charge in [-0.1, -0.05) is 52.4 Å². The lowest BCUT2D eigenvalue weighted by atomic mass is 10.4. The van der Waals surface area contributed by atoms with E-state index in [0.717, 1.165) is 11.3 Å². The highest BCUT2D eigenvalue weighted by Crippen LogP contribution is 2.58. The average molecular weight is 224 g/mol. The van der Waals surface area contributed by atoms with Crippen LogP contribution in [0.1, 0.15) is 64.7 Å². The summed E-state index contributed by atoms with van der Waals surface area (Å²) in [5, 5.41) is 0. The molecule has 2 saturated carbocycles. The lowest BCUT2D eigenvalue weighted by Gasteiger charge is -2.27. The third-order valence-corrected chi connectivity index (χ3v) is 7.28. The SMILES string of the molecule is CC/C=C/P(C1CCCC1)C1CCCC1. The molecule has 0 unspecified atom stereocenters. The molecule has 0 bridgehead atoms. The van der Waals surface area contributed by atoms with Gasteiger partial charge in [-0.15, -0.1) is 0 Å². The summed E-state index contributed by atoms with van der Waals surface area (Å²) in [5.74, 6) is 2.64. The summed E-state index contributed by atoms with van der Waals surface area (Å²) in [5.41, 5.74) is 2.21. The Bertz CT molecular complexity index is 181. The lowest BCUT2D eigenvalue weighted by Crippen LogP contribution is -2.08. The van der Waals surface area contributed by atoms with Gasteiger partial charge in [-0.2, -0.15) is 0 Å². The molecule has 0 aromatic carbocycles. The van der Waals surface area contributed by atoms with Crippen molar-refractivity contribution in [3.63, 3.8) is 0 Å². The molecule has 0 nitrogen and oxygen atoms in total. The van der Waals surface area contributed by atoms with Crippen molar-refractivity contribution in [2.45, 2.75) is 76.0 Å². The molecule has 86 valence electrons. The molecular weight excluding hydrogens is 199 g/mol. The molecule has 0 aromatic rings. The first-order valence-corrected chi connectivity index (χ1v) is 8.41. The second kappa shape index (κ2) is 6.04. The van der Waals surface area contributed by atoms with Gasteiger partial charge in [0.05, 0.1) is 0 Å². The van der Waals surface area contributed by atoms with E-state index in [-0.39, 0.29) is 7.92 Å². The third kappa shape index (κ3) is 3.06. The van der Waals surface area contributed by atoms with E-state index in [1.165, 1.54) is 57.8 Å². The van der Waals surface area contributed by atoms with Crippen LogP contribution in [0.3, 0.4) is 0 Å². The molecule has 0 spiro atoms. The van der Waals surface area contributed by atoms with Crippen LogP contribution < -0.4 is 0 Å². The average Bonchev–Trinajstić information content (AvgIpc) is 2.90. The third-order valence-electron chi connectivity index (χ3n) is 4.01. The van der Waals surface area contributed by atoms with E-state index in [9.17, 15) is 0 Å². The van der Waals surface area contributed by atoms with Crippen LogP contribution in [0.2, 0.25) is 0 Å². The topological polar surface area (TPSA) is 0 Å². The summed E-state index contributed by atoms with van der Waals surface area (Å²) >= 11 is 0. The van der Waals surface area contributed by atoms with Crippen LogP contribution in [0.15, 0.2) is 11.9 Å². The first-order chi connectivity index (χ1) is 7.42.